The molecule has 0 saturated heterocycles. The number of aryl methyl sites for hydroxylation is 1. The van der Waals surface area contributed by atoms with Gasteiger partial charge < -0.3 is 10.2 Å². The van der Waals surface area contributed by atoms with Gasteiger partial charge in [-0.05, 0) is 36.6 Å². The molecule has 0 amide bonds. The zero-order chi connectivity index (χ0) is 20.9. The number of nitrogen functional groups attached to an aromatic ring is 1. The highest BCUT2D eigenvalue weighted by molar-refractivity contribution is 5.90. The van der Waals surface area contributed by atoms with Crippen LogP contribution in [0.4, 0.5) is 5.95 Å². The molecule has 1 aromatic carbocycles. The van der Waals surface area contributed by atoms with Crippen molar-refractivity contribution in [2.75, 3.05) is 18.8 Å². The van der Waals surface area contributed by atoms with E-state index in [-0.39, 0.29) is 5.95 Å². The first-order valence-corrected chi connectivity index (χ1v) is 10.4. The number of hydrogen-bond donors (Lipinski definition) is 1. The van der Waals surface area contributed by atoms with Crippen LogP contribution in [0.5, 0.6) is 0 Å². The van der Waals surface area contributed by atoms with Crippen molar-refractivity contribution in [2.24, 2.45) is 0 Å². The van der Waals surface area contributed by atoms with Crippen molar-refractivity contribution < 1.29 is 4.42 Å². The SMILES string of the molecule is Cc1ccc2c(c1)CN(CCn1ncc3c1nc(N)n1nc(-c4ccco4)nc31)CC2. The van der Waals surface area contributed by atoms with Gasteiger partial charge in [-0.3, -0.25) is 4.90 Å². The monoisotopic (exact) mass is 414 g/mol. The van der Waals surface area contributed by atoms with Gasteiger partial charge in [-0.2, -0.15) is 14.6 Å². The molecule has 5 aromatic rings. The van der Waals surface area contributed by atoms with E-state index in [4.69, 9.17) is 10.2 Å². The summed E-state index contributed by atoms with van der Waals surface area (Å²) in [6, 6.07) is 10.4. The molecule has 31 heavy (non-hydrogen) atoms. The molecule has 0 aliphatic carbocycles. The van der Waals surface area contributed by atoms with Gasteiger partial charge in [0.25, 0.3) is 0 Å². The third-order valence-electron chi connectivity index (χ3n) is 5.92. The van der Waals surface area contributed by atoms with Crippen LogP contribution >= 0.6 is 0 Å². The molecule has 0 spiro atoms. The van der Waals surface area contributed by atoms with Crippen molar-refractivity contribution in [1.82, 2.24) is 34.3 Å². The minimum absolute atomic E-state index is 0.275. The maximum atomic E-state index is 6.19. The summed E-state index contributed by atoms with van der Waals surface area (Å²) in [5.74, 6) is 1.34. The van der Waals surface area contributed by atoms with Crippen molar-refractivity contribution in [3.63, 3.8) is 0 Å². The molecule has 9 nitrogen and oxygen atoms in total. The van der Waals surface area contributed by atoms with E-state index in [0.717, 1.165) is 43.6 Å². The topological polar surface area (TPSA) is 103 Å². The van der Waals surface area contributed by atoms with Gasteiger partial charge in [0.05, 0.1) is 24.4 Å². The molecule has 156 valence electrons. The molecule has 9 heteroatoms. The fourth-order valence-corrected chi connectivity index (χ4v) is 4.30. The number of rotatable bonds is 4. The third kappa shape index (κ3) is 3.05. The second-order valence-electron chi connectivity index (χ2n) is 8.02. The van der Waals surface area contributed by atoms with Crippen LogP contribution in [0, 0.1) is 6.92 Å². The van der Waals surface area contributed by atoms with Gasteiger partial charge in [0.15, 0.2) is 17.1 Å². The second-order valence-corrected chi connectivity index (χ2v) is 8.02. The van der Waals surface area contributed by atoms with Crippen LogP contribution in [0.2, 0.25) is 0 Å². The summed E-state index contributed by atoms with van der Waals surface area (Å²) in [5.41, 5.74) is 11.7. The Morgan fingerprint density at radius 2 is 2.03 bits per heavy atom. The Labute approximate surface area is 178 Å². The molecule has 0 fully saturated rings. The summed E-state index contributed by atoms with van der Waals surface area (Å²) in [4.78, 5) is 11.6. The summed E-state index contributed by atoms with van der Waals surface area (Å²) in [6.45, 7) is 5.78. The summed E-state index contributed by atoms with van der Waals surface area (Å²) >= 11 is 0. The van der Waals surface area contributed by atoms with E-state index in [1.54, 1.807) is 18.5 Å². The standard InChI is InChI=1S/C22H22N8O/c1-14-4-5-15-6-7-28(13-16(15)11-14)8-9-29-20-17(12-24-29)21-25-19(18-3-2-10-31-18)27-30(21)22(23)26-20/h2-5,10-12H,6-9,13H2,1H3,(H2,23,26). The number of furan rings is 1. The van der Waals surface area contributed by atoms with E-state index in [1.165, 1.54) is 21.2 Å². The predicted molar refractivity (Wildman–Crippen MR) is 116 cm³/mol. The summed E-state index contributed by atoms with van der Waals surface area (Å²) in [5, 5.41) is 9.83. The molecular weight excluding hydrogens is 392 g/mol. The molecule has 0 unspecified atom stereocenters. The summed E-state index contributed by atoms with van der Waals surface area (Å²) in [7, 11) is 0. The molecule has 0 atom stereocenters. The number of anilines is 1. The maximum Gasteiger partial charge on any atom is 0.225 e. The highest BCUT2D eigenvalue weighted by Gasteiger charge is 2.19. The fraction of sp³-hybridized carbons (Fsp3) is 0.273. The maximum absolute atomic E-state index is 6.19. The quantitative estimate of drug-likeness (QED) is 0.482. The Morgan fingerprint density at radius 1 is 1.10 bits per heavy atom. The Kier molecular flexibility index (Phi) is 4.03. The molecule has 0 bridgehead atoms. The lowest BCUT2D eigenvalue weighted by Gasteiger charge is -2.29. The van der Waals surface area contributed by atoms with Gasteiger partial charge in [-0.1, -0.05) is 23.8 Å². The average Bonchev–Trinajstić information content (AvgIpc) is 3.51. The first-order valence-electron chi connectivity index (χ1n) is 10.4. The number of benzene rings is 1. The summed E-state index contributed by atoms with van der Waals surface area (Å²) in [6.07, 6.45) is 4.46. The highest BCUT2D eigenvalue weighted by Crippen LogP contribution is 2.24. The second kappa shape index (κ2) is 6.92. The molecular formula is C22H22N8O. The van der Waals surface area contributed by atoms with E-state index in [0.29, 0.717) is 17.2 Å². The normalized spacial score (nSPS) is 14.5. The first kappa shape index (κ1) is 18.1. The van der Waals surface area contributed by atoms with Crippen LogP contribution in [-0.2, 0) is 19.5 Å². The number of fused-ring (bicyclic) bond motifs is 4. The highest BCUT2D eigenvalue weighted by atomic mass is 16.3. The number of hydrogen-bond acceptors (Lipinski definition) is 7. The van der Waals surface area contributed by atoms with E-state index in [2.05, 4.69) is 50.2 Å². The molecule has 1 aliphatic rings. The van der Waals surface area contributed by atoms with E-state index in [9.17, 15) is 0 Å². The molecule has 5 heterocycles. The van der Waals surface area contributed by atoms with Crippen LogP contribution in [0.15, 0.2) is 47.2 Å². The van der Waals surface area contributed by atoms with Crippen molar-refractivity contribution in [1.29, 1.82) is 0 Å². The first-order chi connectivity index (χ1) is 15.2. The average molecular weight is 414 g/mol. The van der Waals surface area contributed by atoms with E-state index in [1.807, 2.05) is 10.7 Å². The van der Waals surface area contributed by atoms with Crippen molar-refractivity contribution in [3.8, 4) is 11.6 Å². The van der Waals surface area contributed by atoms with Crippen LogP contribution in [0.25, 0.3) is 28.3 Å². The Hall–Kier alpha value is -3.72. The van der Waals surface area contributed by atoms with E-state index < -0.39 is 0 Å². The lowest BCUT2D eigenvalue weighted by atomic mass is 9.98. The molecule has 0 saturated carbocycles. The van der Waals surface area contributed by atoms with Crippen LogP contribution in [0.3, 0.4) is 0 Å². The van der Waals surface area contributed by atoms with Gasteiger partial charge in [0.1, 0.15) is 0 Å². The lowest BCUT2D eigenvalue weighted by Crippen LogP contribution is -2.33. The molecule has 1 aliphatic heterocycles. The van der Waals surface area contributed by atoms with Crippen LogP contribution in [-0.4, -0.2) is 47.4 Å². The van der Waals surface area contributed by atoms with Gasteiger partial charge in [-0.25, -0.2) is 9.67 Å². The van der Waals surface area contributed by atoms with Gasteiger partial charge in [0.2, 0.25) is 11.8 Å². The molecule has 2 N–H and O–H groups in total. The molecule has 6 rings (SSSR count). The number of nitrogens with zero attached hydrogens (tertiary/aromatic N) is 7. The summed E-state index contributed by atoms with van der Waals surface area (Å²) < 4.78 is 8.86. The van der Waals surface area contributed by atoms with Gasteiger partial charge >= 0.3 is 0 Å². The predicted octanol–water partition coefficient (Wildman–Crippen LogP) is 2.68. The fourth-order valence-electron chi connectivity index (χ4n) is 4.30. The minimum Gasteiger partial charge on any atom is -0.461 e. The van der Waals surface area contributed by atoms with Crippen LogP contribution < -0.4 is 5.73 Å². The Bertz CT molecular complexity index is 1400. The van der Waals surface area contributed by atoms with Crippen molar-refractivity contribution in [3.05, 3.63) is 59.5 Å². The van der Waals surface area contributed by atoms with Crippen molar-refractivity contribution >= 4 is 22.6 Å². The van der Waals surface area contributed by atoms with Crippen molar-refractivity contribution in [2.45, 2.75) is 26.4 Å². The third-order valence-corrected chi connectivity index (χ3v) is 5.92. The van der Waals surface area contributed by atoms with E-state index >= 15 is 0 Å². The van der Waals surface area contributed by atoms with Gasteiger partial charge in [0, 0.05) is 19.6 Å². The van der Waals surface area contributed by atoms with Gasteiger partial charge in [-0.15, -0.1) is 5.10 Å². The zero-order valence-electron chi connectivity index (χ0n) is 17.2. The van der Waals surface area contributed by atoms with Crippen LogP contribution in [0.1, 0.15) is 16.7 Å². The zero-order valence-corrected chi connectivity index (χ0v) is 17.2. The largest absolute Gasteiger partial charge is 0.461 e. The number of nitrogens with two attached hydrogens (primary N) is 1. The smallest absolute Gasteiger partial charge is 0.225 e. The Balaban J connectivity index is 1.28. The number of aromatic nitrogens is 6. The molecule has 0 radical (unpaired) electrons. The Morgan fingerprint density at radius 3 is 2.90 bits per heavy atom. The lowest BCUT2D eigenvalue weighted by molar-refractivity contribution is 0.241. The minimum atomic E-state index is 0.275. The molecule has 4 aromatic heterocycles.